The quantitative estimate of drug-likeness (QED) is 0.314. The number of oxime groups is 1. The first-order valence-corrected chi connectivity index (χ1v) is 5.73. The van der Waals surface area contributed by atoms with Crippen LogP contribution in [0.4, 0.5) is 0 Å². The molecular formula is C11H18N4O3. The highest BCUT2D eigenvalue weighted by Gasteiger charge is 2.34. The van der Waals surface area contributed by atoms with Gasteiger partial charge in [-0.2, -0.15) is 0 Å². The fourth-order valence-corrected chi connectivity index (χ4v) is 1.70. The molecule has 18 heavy (non-hydrogen) atoms. The molecule has 0 aliphatic heterocycles. The molecule has 100 valence electrons. The number of amidine groups is 1. The van der Waals surface area contributed by atoms with Crippen LogP contribution in [0.1, 0.15) is 42.9 Å². The second-order valence-corrected chi connectivity index (χ2v) is 4.05. The van der Waals surface area contributed by atoms with Crippen LogP contribution in [-0.4, -0.2) is 27.6 Å². The van der Waals surface area contributed by atoms with Gasteiger partial charge in [0.15, 0.2) is 11.5 Å². The van der Waals surface area contributed by atoms with Gasteiger partial charge in [0.2, 0.25) is 0 Å². The molecular weight excluding hydrogens is 236 g/mol. The van der Waals surface area contributed by atoms with Crippen LogP contribution in [0.3, 0.4) is 0 Å². The van der Waals surface area contributed by atoms with Crippen molar-refractivity contribution in [2.24, 2.45) is 10.9 Å². The van der Waals surface area contributed by atoms with Crippen LogP contribution in [0.25, 0.3) is 0 Å². The molecule has 0 aliphatic carbocycles. The van der Waals surface area contributed by atoms with Crippen LogP contribution in [0.15, 0.2) is 15.7 Å². The van der Waals surface area contributed by atoms with E-state index in [-0.39, 0.29) is 11.5 Å². The molecule has 7 heteroatoms. The minimum absolute atomic E-state index is 0.0268. The van der Waals surface area contributed by atoms with Crippen LogP contribution in [0.5, 0.6) is 0 Å². The maximum absolute atomic E-state index is 12.0. The second kappa shape index (κ2) is 5.52. The van der Waals surface area contributed by atoms with Crippen LogP contribution in [-0.2, 0) is 0 Å². The Morgan fingerprint density at radius 1 is 1.61 bits per heavy atom. The zero-order chi connectivity index (χ0) is 13.8. The summed E-state index contributed by atoms with van der Waals surface area (Å²) in [5, 5.41) is 18.1. The number of carbonyl (C=O) groups excluding carboxylic acids is 1. The Hall–Kier alpha value is -2.05. The lowest BCUT2D eigenvalue weighted by atomic mass is 9.91. The molecule has 0 bridgehead atoms. The van der Waals surface area contributed by atoms with Crippen LogP contribution in [0.2, 0.25) is 0 Å². The van der Waals surface area contributed by atoms with E-state index in [9.17, 15) is 4.79 Å². The molecule has 0 saturated carbocycles. The van der Waals surface area contributed by atoms with Crippen molar-refractivity contribution in [2.45, 2.75) is 39.2 Å². The topological polar surface area (TPSA) is 114 Å². The Morgan fingerprint density at radius 2 is 2.22 bits per heavy atom. The van der Waals surface area contributed by atoms with Gasteiger partial charge in [0.25, 0.3) is 5.91 Å². The van der Waals surface area contributed by atoms with E-state index >= 15 is 0 Å². The van der Waals surface area contributed by atoms with Gasteiger partial charge in [-0.05, 0) is 19.8 Å². The van der Waals surface area contributed by atoms with E-state index in [2.05, 4.69) is 15.6 Å². The lowest BCUT2D eigenvalue weighted by Gasteiger charge is -2.30. The van der Waals surface area contributed by atoms with Gasteiger partial charge in [-0.15, -0.1) is 0 Å². The summed E-state index contributed by atoms with van der Waals surface area (Å²) in [6.45, 7) is 5.38. The molecule has 0 aliphatic rings. The minimum Gasteiger partial charge on any atom is -0.409 e. The van der Waals surface area contributed by atoms with E-state index in [4.69, 9.17) is 15.5 Å². The van der Waals surface area contributed by atoms with Crippen molar-refractivity contribution in [1.82, 2.24) is 10.5 Å². The summed E-state index contributed by atoms with van der Waals surface area (Å²) >= 11 is 0. The number of nitrogens with zero attached hydrogens (tertiary/aromatic N) is 2. The normalized spacial score (nSPS) is 12.5. The predicted octanol–water partition coefficient (Wildman–Crippen LogP) is 1.02. The summed E-state index contributed by atoms with van der Waals surface area (Å²) in [4.78, 5) is 12.0. The monoisotopic (exact) mass is 254 g/mol. The van der Waals surface area contributed by atoms with Gasteiger partial charge >= 0.3 is 0 Å². The van der Waals surface area contributed by atoms with Gasteiger partial charge in [0.05, 0.1) is 0 Å². The van der Waals surface area contributed by atoms with Crippen LogP contribution >= 0.6 is 0 Å². The van der Waals surface area contributed by atoms with E-state index in [0.29, 0.717) is 18.6 Å². The summed E-state index contributed by atoms with van der Waals surface area (Å²) in [6.07, 6.45) is 1.00. The summed E-state index contributed by atoms with van der Waals surface area (Å²) in [6, 6.07) is 1.53. The zero-order valence-corrected chi connectivity index (χ0v) is 10.7. The Kier molecular flexibility index (Phi) is 4.30. The Morgan fingerprint density at radius 3 is 2.61 bits per heavy atom. The minimum atomic E-state index is -0.876. The molecule has 1 aromatic heterocycles. The van der Waals surface area contributed by atoms with E-state index in [1.165, 1.54) is 6.07 Å². The number of aromatic nitrogens is 1. The molecule has 1 amide bonds. The highest BCUT2D eigenvalue weighted by Crippen LogP contribution is 2.16. The molecule has 7 nitrogen and oxygen atoms in total. The fraction of sp³-hybridized carbons (Fsp3) is 0.545. The molecule has 0 spiro atoms. The first-order valence-electron chi connectivity index (χ1n) is 5.73. The largest absolute Gasteiger partial charge is 0.409 e. The number of rotatable bonds is 5. The number of hydrogen-bond acceptors (Lipinski definition) is 5. The van der Waals surface area contributed by atoms with Crippen LogP contribution < -0.4 is 11.1 Å². The molecule has 4 N–H and O–H groups in total. The third-order valence-corrected chi connectivity index (χ3v) is 3.02. The van der Waals surface area contributed by atoms with Gasteiger partial charge < -0.3 is 20.8 Å². The number of carbonyl (C=O) groups is 1. The molecule has 0 saturated heterocycles. The first kappa shape index (κ1) is 14.0. The zero-order valence-electron chi connectivity index (χ0n) is 10.7. The van der Waals surface area contributed by atoms with Crippen molar-refractivity contribution in [1.29, 1.82) is 0 Å². The lowest BCUT2D eigenvalue weighted by molar-refractivity contribution is 0.0908. The SMILES string of the molecule is CCC(CC)(NC(=O)c1cc(C)on1)C(N)=NO. The van der Waals surface area contributed by atoms with Gasteiger partial charge in [0, 0.05) is 6.07 Å². The molecule has 0 atom stereocenters. The van der Waals surface area contributed by atoms with Crippen LogP contribution in [0, 0.1) is 6.92 Å². The standard InChI is InChI=1S/C11H18N4O3/c1-4-11(5-2,10(12)14-17)13-9(16)8-6-7(3)18-15-8/h6,17H,4-5H2,1-3H3,(H2,12,14)(H,13,16). The average Bonchev–Trinajstić information content (AvgIpc) is 2.81. The number of hydrogen-bond donors (Lipinski definition) is 3. The van der Waals surface area contributed by atoms with Gasteiger partial charge in [-0.1, -0.05) is 24.2 Å². The number of amides is 1. The van der Waals surface area contributed by atoms with Gasteiger partial charge in [0.1, 0.15) is 11.3 Å². The Balaban J connectivity index is 2.95. The van der Waals surface area contributed by atoms with Gasteiger partial charge in [-0.25, -0.2) is 0 Å². The maximum atomic E-state index is 12.0. The molecule has 1 rings (SSSR count). The first-order chi connectivity index (χ1) is 8.49. The average molecular weight is 254 g/mol. The number of aryl methyl sites for hydroxylation is 1. The Labute approximate surface area is 105 Å². The number of nitrogens with one attached hydrogen (secondary N) is 1. The third kappa shape index (κ3) is 2.61. The van der Waals surface area contributed by atoms with Crippen molar-refractivity contribution >= 4 is 11.7 Å². The van der Waals surface area contributed by atoms with Crippen molar-refractivity contribution in [3.8, 4) is 0 Å². The van der Waals surface area contributed by atoms with Crippen molar-refractivity contribution in [2.75, 3.05) is 0 Å². The highest BCUT2D eigenvalue weighted by molar-refractivity contribution is 5.99. The molecule has 1 aromatic rings. The maximum Gasteiger partial charge on any atom is 0.274 e. The third-order valence-electron chi connectivity index (χ3n) is 3.02. The van der Waals surface area contributed by atoms with Crippen molar-refractivity contribution in [3.05, 3.63) is 17.5 Å². The summed E-state index contributed by atoms with van der Waals surface area (Å²) in [5.41, 5.74) is 4.94. The van der Waals surface area contributed by atoms with E-state index in [1.54, 1.807) is 6.92 Å². The molecule has 0 radical (unpaired) electrons. The Bertz CT molecular complexity index is 449. The molecule has 1 heterocycles. The van der Waals surface area contributed by atoms with Gasteiger partial charge in [-0.3, -0.25) is 4.79 Å². The molecule has 0 fully saturated rings. The molecule has 0 unspecified atom stereocenters. The van der Waals surface area contributed by atoms with Crippen molar-refractivity contribution < 1.29 is 14.5 Å². The van der Waals surface area contributed by atoms with E-state index < -0.39 is 11.4 Å². The smallest absolute Gasteiger partial charge is 0.274 e. The predicted molar refractivity (Wildman–Crippen MR) is 65.4 cm³/mol. The van der Waals surface area contributed by atoms with E-state index in [0.717, 1.165) is 0 Å². The number of nitrogens with two attached hydrogens (primary N) is 1. The van der Waals surface area contributed by atoms with E-state index in [1.807, 2.05) is 13.8 Å². The fourth-order valence-electron chi connectivity index (χ4n) is 1.70. The molecule has 0 aromatic carbocycles. The summed E-state index contributed by atoms with van der Waals surface area (Å²) in [7, 11) is 0. The summed E-state index contributed by atoms with van der Waals surface area (Å²) in [5.74, 6) is 0.103. The summed E-state index contributed by atoms with van der Waals surface area (Å²) < 4.78 is 4.83. The second-order valence-electron chi connectivity index (χ2n) is 4.05. The lowest BCUT2D eigenvalue weighted by Crippen LogP contribution is -2.56. The van der Waals surface area contributed by atoms with Crippen molar-refractivity contribution in [3.63, 3.8) is 0 Å². The highest BCUT2D eigenvalue weighted by atomic mass is 16.5.